The first-order valence-electron chi connectivity index (χ1n) is 6.50. The third-order valence-corrected chi connectivity index (χ3v) is 5.78. The molecule has 0 aliphatic carbocycles. The Bertz CT molecular complexity index is 438. The molecule has 0 aromatic rings. The fraction of sp³-hybridized carbons (Fsp3) is 0.909. The molecule has 2 aliphatic heterocycles. The standard InChI is InChI=1S/C11H20N2O5S/c1-9-8-18-6-5-13(9)19(16,17)12-4-2-3-10(7-12)11(14)15/h9-10H,2-8H2,1H3,(H,14,15)/t9-,10?/m1/s1. The molecular formula is C11H20N2O5S. The van der Waals surface area contributed by atoms with Crippen LogP contribution in [0.2, 0.25) is 0 Å². The number of hydrogen-bond acceptors (Lipinski definition) is 4. The van der Waals surface area contributed by atoms with Crippen LogP contribution in [0, 0.1) is 5.92 Å². The van der Waals surface area contributed by atoms with Crippen LogP contribution < -0.4 is 0 Å². The largest absolute Gasteiger partial charge is 0.481 e. The molecule has 110 valence electrons. The van der Waals surface area contributed by atoms with Gasteiger partial charge in [-0.15, -0.1) is 0 Å². The van der Waals surface area contributed by atoms with Crippen molar-refractivity contribution in [1.29, 1.82) is 0 Å². The maximum atomic E-state index is 12.5. The lowest BCUT2D eigenvalue weighted by Crippen LogP contribution is -2.55. The fourth-order valence-electron chi connectivity index (χ4n) is 2.56. The van der Waals surface area contributed by atoms with Crippen molar-refractivity contribution in [2.45, 2.75) is 25.8 Å². The number of nitrogens with zero attached hydrogens (tertiary/aromatic N) is 2. The van der Waals surface area contributed by atoms with E-state index in [4.69, 9.17) is 9.84 Å². The van der Waals surface area contributed by atoms with Crippen LogP contribution in [-0.2, 0) is 19.7 Å². The Labute approximate surface area is 113 Å². The highest BCUT2D eigenvalue weighted by Gasteiger charge is 2.38. The first kappa shape index (κ1) is 14.7. The van der Waals surface area contributed by atoms with Crippen molar-refractivity contribution in [1.82, 2.24) is 8.61 Å². The molecule has 2 heterocycles. The van der Waals surface area contributed by atoms with E-state index in [0.717, 1.165) is 0 Å². The van der Waals surface area contributed by atoms with E-state index >= 15 is 0 Å². The summed E-state index contributed by atoms with van der Waals surface area (Å²) in [6.45, 7) is 3.38. The van der Waals surface area contributed by atoms with Gasteiger partial charge in [-0.05, 0) is 19.8 Å². The minimum atomic E-state index is -3.58. The molecule has 8 heteroatoms. The molecule has 0 saturated carbocycles. The zero-order valence-corrected chi connectivity index (χ0v) is 11.8. The average Bonchev–Trinajstić information content (AvgIpc) is 2.39. The summed E-state index contributed by atoms with van der Waals surface area (Å²) in [6, 6.07) is -0.205. The highest BCUT2D eigenvalue weighted by Crippen LogP contribution is 2.23. The molecule has 2 aliphatic rings. The molecule has 7 nitrogen and oxygen atoms in total. The van der Waals surface area contributed by atoms with Crippen molar-refractivity contribution < 1.29 is 23.1 Å². The number of piperidine rings is 1. The third-order valence-electron chi connectivity index (χ3n) is 3.66. The number of morpholine rings is 1. The summed E-state index contributed by atoms with van der Waals surface area (Å²) in [4.78, 5) is 11.0. The number of carboxylic acid groups (broad SMARTS) is 1. The molecule has 19 heavy (non-hydrogen) atoms. The second kappa shape index (κ2) is 5.74. The molecule has 0 spiro atoms. The van der Waals surface area contributed by atoms with Crippen LogP contribution in [0.5, 0.6) is 0 Å². The molecule has 2 rings (SSSR count). The van der Waals surface area contributed by atoms with E-state index in [1.807, 2.05) is 0 Å². The van der Waals surface area contributed by atoms with Gasteiger partial charge in [-0.2, -0.15) is 17.0 Å². The summed E-state index contributed by atoms with van der Waals surface area (Å²) >= 11 is 0. The van der Waals surface area contributed by atoms with Crippen molar-refractivity contribution >= 4 is 16.2 Å². The van der Waals surface area contributed by atoms with Gasteiger partial charge in [-0.1, -0.05) is 0 Å². The second-order valence-electron chi connectivity index (χ2n) is 5.08. The Morgan fingerprint density at radius 1 is 1.37 bits per heavy atom. The molecule has 1 unspecified atom stereocenters. The number of ether oxygens (including phenoxy) is 1. The summed E-state index contributed by atoms with van der Waals surface area (Å²) < 4.78 is 33.0. The Balaban J connectivity index is 2.12. The lowest BCUT2D eigenvalue weighted by molar-refractivity contribution is -0.142. The van der Waals surface area contributed by atoms with E-state index in [0.29, 0.717) is 39.1 Å². The van der Waals surface area contributed by atoms with Gasteiger partial charge in [-0.3, -0.25) is 4.79 Å². The summed E-state index contributed by atoms with van der Waals surface area (Å²) in [5, 5.41) is 9.03. The van der Waals surface area contributed by atoms with Gasteiger partial charge in [0.2, 0.25) is 0 Å². The van der Waals surface area contributed by atoms with E-state index < -0.39 is 22.1 Å². The highest BCUT2D eigenvalue weighted by molar-refractivity contribution is 7.86. The first-order valence-corrected chi connectivity index (χ1v) is 7.90. The van der Waals surface area contributed by atoms with Crippen molar-refractivity contribution in [3.63, 3.8) is 0 Å². The van der Waals surface area contributed by atoms with Gasteiger partial charge in [0, 0.05) is 25.7 Å². The summed E-state index contributed by atoms with van der Waals surface area (Å²) in [6.07, 6.45) is 1.13. The van der Waals surface area contributed by atoms with Crippen LogP contribution >= 0.6 is 0 Å². The van der Waals surface area contributed by atoms with Gasteiger partial charge in [0.15, 0.2) is 0 Å². The topological polar surface area (TPSA) is 87.2 Å². The minimum absolute atomic E-state index is 0.0712. The van der Waals surface area contributed by atoms with Crippen LogP contribution in [-0.4, -0.2) is 67.0 Å². The molecular weight excluding hydrogens is 272 g/mol. The van der Waals surface area contributed by atoms with Gasteiger partial charge in [0.25, 0.3) is 10.2 Å². The number of carboxylic acids is 1. The van der Waals surface area contributed by atoms with Gasteiger partial charge >= 0.3 is 5.97 Å². The Morgan fingerprint density at radius 3 is 2.74 bits per heavy atom. The molecule has 0 radical (unpaired) electrons. The SMILES string of the molecule is C[C@@H]1COCCN1S(=O)(=O)N1CCCC(C(=O)O)C1. The van der Waals surface area contributed by atoms with Crippen molar-refractivity contribution in [3.8, 4) is 0 Å². The summed E-state index contributed by atoms with van der Waals surface area (Å²) in [5.74, 6) is -1.52. The highest BCUT2D eigenvalue weighted by atomic mass is 32.2. The average molecular weight is 292 g/mol. The molecule has 2 atom stereocenters. The summed E-state index contributed by atoms with van der Waals surface area (Å²) in [7, 11) is -3.58. The van der Waals surface area contributed by atoms with Gasteiger partial charge in [-0.25, -0.2) is 0 Å². The van der Waals surface area contributed by atoms with E-state index in [2.05, 4.69) is 0 Å². The molecule has 2 saturated heterocycles. The first-order chi connectivity index (χ1) is 8.93. The van der Waals surface area contributed by atoms with Crippen LogP contribution in [0.1, 0.15) is 19.8 Å². The van der Waals surface area contributed by atoms with Crippen LogP contribution in [0.25, 0.3) is 0 Å². The Morgan fingerprint density at radius 2 is 2.11 bits per heavy atom. The monoisotopic (exact) mass is 292 g/mol. The zero-order valence-electron chi connectivity index (χ0n) is 11.0. The molecule has 0 amide bonds. The molecule has 0 aromatic heterocycles. The van der Waals surface area contributed by atoms with Crippen molar-refractivity contribution in [3.05, 3.63) is 0 Å². The fourth-order valence-corrected chi connectivity index (χ4v) is 4.40. The van der Waals surface area contributed by atoms with Crippen molar-refractivity contribution in [2.75, 3.05) is 32.8 Å². The maximum Gasteiger partial charge on any atom is 0.307 e. The molecule has 2 fully saturated rings. The Kier molecular flexibility index (Phi) is 4.44. The predicted molar refractivity (Wildman–Crippen MR) is 67.8 cm³/mol. The van der Waals surface area contributed by atoms with Gasteiger partial charge in [0.05, 0.1) is 19.1 Å². The minimum Gasteiger partial charge on any atom is -0.481 e. The van der Waals surface area contributed by atoms with E-state index in [1.165, 1.54) is 8.61 Å². The van der Waals surface area contributed by atoms with Gasteiger partial charge < -0.3 is 9.84 Å². The van der Waals surface area contributed by atoms with E-state index in [1.54, 1.807) is 6.92 Å². The number of rotatable bonds is 3. The lowest BCUT2D eigenvalue weighted by Gasteiger charge is -2.38. The maximum absolute atomic E-state index is 12.5. The van der Waals surface area contributed by atoms with Crippen LogP contribution in [0.15, 0.2) is 0 Å². The van der Waals surface area contributed by atoms with Crippen LogP contribution in [0.3, 0.4) is 0 Å². The molecule has 0 aromatic carbocycles. The van der Waals surface area contributed by atoms with E-state index in [-0.39, 0.29) is 12.6 Å². The number of aliphatic carboxylic acids is 1. The normalized spacial score (nSPS) is 31.2. The third kappa shape index (κ3) is 3.07. The van der Waals surface area contributed by atoms with Crippen molar-refractivity contribution in [2.24, 2.45) is 5.92 Å². The Hall–Kier alpha value is -0.700. The quantitative estimate of drug-likeness (QED) is 0.775. The lowest BCUT2D eigenvalue weighted by atomic mass is 10.0. The predicted octanol–water partition coefficient (Wildman–Crippen LogP) is -0.251. The summed E-state index contributed by atoms with van der Waals surface area (Å²) in [5.41, 5.74) is 0. The number of hydrogen-bond donors (Lipinski definition) is 1. The smallest absolute Gasteiger partial charge is 0.307 e. The second-order valence-corrected chi connectivity index (χ2v) is 6.96. The molecule has 1 N–H and O–H groups in total. The van der Waals surface area contributed by atoms with E-state index in [9.17, 15) is 13.2 Å². The zero-order chi connectivity index (χ0) is 14.0. The van der Waals surface area contributed by atoms with Gasteiger partial charge in [0.1, 0.15) is 0 Å². The number of carbonyl (C=O) groups is 1. The molecule has 0 bridgehead atoms. The van der Waals surface area contributed by atoms with Crippen LogP contribution in [0.4, 0.5) is 0 Å².